The van der Waals surface area contributed by atoms with Gasteiger partial charge in [-0.1, -0.05) is 26.0 Å². The molecule has 2 rings (SSSR count). The van der Waals surface area contributed by atoms with E-state index in [1.807, 2.05) is 37.3 Å². The Balaban J connectivity index is 2.18. The molecule has 0 saturated heterocycles. The molecule has 0 aliphatic rings. The van der Waals surface area contributed by atoms with Gasteiger partial charge in [-0.15, -0.1) is 0 Å². The number of aryl methyl sites for hydroxylation is 1. The molecule has 1 amide bonds. The summed E-state index contributed by atoms with van der Waals surface area (Å²) >= 11 is 0. The second-order valence-corrected chi connectivity index (χ2v) is 5.35. The highest BCUT2D eigenvalue weighted by atomic mass is 16.1. The van der Waals surface area contributed by atoms with Gasteiger partial charge in [0.25, 0.3) is 5.91 Å². The highest BCUT2D eigenvalue weighted by Gasteiger charge is 2.12. The van der Waals surface area contributed by atoms with E-state index in [2.05, 4.69) is 29.5 Å². The van der Waals surface area contributed by atoms with Gasteiger partial charge in [-0.05, 0) is 36.6 Å². The van der Waals surface area contributed by atoms with Crippen molar-refractivity contribution in [3.63, 3.8) is 0 Å². The first-order chi connectivity index (χ1) is 10.0. The standard InChI is InChI=1S/C17H21N3O/c1-11(2)13-5-7-14(8-6-13)20-17(21)15-10-19-12(3)9-16(15)18-4/h5-11H,1-4H3,(H,18,19)(H,20,21). The maximum Gasteiger partial charge on any atom is 0.259 e. The van der Waals surface area contributed by atoms with Gasteiger partial charge in [-0.25, -0.2) is 0 Å². The number of hydrogen-bond donors (Lipinski definition) is 2. The highest BCUT2D eigenvalue weighted by molar-refractivity contribution is 6.07. The van der Waals surface area contributed by atoms with Crippen molar-refractivity contribution in [2.75, 3.05) is 17.7 Å². The van der Waals surface area contributed by atoms with Gasteiger partial charge in [0.15, 0.2) is 0 Å². The maximum atomic E-state index is 12.3. The van der Waals surface area contributed by atoms with E-state index in [4.69, 9.17) is 0 Å². The number of amides is 1. The molecule has 4 heteroatoms. The number of pyridine rings is 1. The van der Waals surface area contributed by atoms with Crippen molar-refractivity contribution in [3.8, 4) is 0 Å². The monoisotopic (exact) mass is 283 g/mol. The number of aromatic nitrogens is 1. The van der Waals surface area contributed by atoms with E-state index in [0.29, 0.717) is 11.5 Å². The Bertz CT molecular complexity index is 633. The lowest BCUT2D eigenvalue weighted by atomic mass is 10.0. The summed E-state index contributed by atoms with van der Waals surface area (Å²) in [5, 5.41) is 5.93. The number of carbonyl (C=O) groups excluding carboxylic acids is 1. The fraction of sp³-hybridized carbons (Fsp3) is 0.294. The van der Waals surface area contributed by atoms with Gasteiger partial charge in [0.05, 0.1) is 11.3 Å². The van der Waals surface area contributed by atoms with Crippen molar-refractivity contribution in [2.45, 2.75) is 26.7 Å². The zero-order valence-electron chi connectivity index (χ0n) is 12.9. The van der Waals surface area contributed by atoms with Crippen LogP contribution in [0, 0.1) is 6.92 Å². The minimum atomic E-state index is -0.163. The molecule has 0 saturated carbocycles. The van der Waals surface area contributed by atoms with Crippen LogP contribution in [0.5, 0.6) is 0 Å². The molecule has 0 aliphatic heterocycles. The summed E-state index contributed by atoms with van der Waals surface area (Å²) in [6, 6.07) is 9.78. The molecular formula is C17H21N3O. The molecule has 2 N–H and O–H groups in total. The van der Waals surface area contributed by atoms with Crippen molar-refractivity contribution >= 4 is 17.3 Å². The first-order valence-electron chi connectivity index (χ1n) is 7.07. The second-order valence-electron chi connectivity index (χ2n) is 5.35. The third kappa shape index (κ3) is 3.60. The smallest absolute Gasteiger partial charge is 0.259 e. The van der Waals surface area contributed by atoms with Gasteiger partial charge >= 0.3 is 0 Å². The number of nitrogens with one attached hydrogen (secondary N) is 2. The normalized spacial score (nSPS) is 10.5. The fourth-order valence-electron chi connectivity index (χ4n) is 2.10. The summed E-state index contributed by atoms with van der Waals surface area (Å²) in [6.07, 6.45) is 1.60. The predicted molar refractivity (Wildman–Crippen MR) is 87.0 cm³/mol. The number of rotatable bonds is 4. The molecule has 1 aromatic heterocycles. The van der Waals surface area contributed by atoms with Crippen molar-refractivity contribution < 1.29 is 4.79 Å². The van der Waals surface area contributed by atoms with Crippen LogP contribution in [0.2, 0.25) is 0 Å². The fourth-order valence-corrected chi connectivity index (χ4v) is 2.10. The molecule has 110 valence electrons. The van der Waals surface area contributed by atoms with E-state index in [0.717, 1.165) is 17.1 Å². The molecule has 2 aromatic rings. The molecule has 0 fully saturated rings. The van der Waals surface area contributed by atoms with Crippen molar-refractivity contribution in [1.29, 1.82) is 0 Å². The molecule has 0 radical (unpaired) electrons. The Hall–Kier alpha value is -2.36. The molecular weight excluding hydrogens is 262 g/mol. The van der Waals surface area contributed by atoms with E-state index in [-0.39, 0.29) is 5.91 Å². The number of carbonyl (C=O) groups is 1. The van der Waals surface area contributed by atoms with Crippen LogP contribution in [0.1, 0.15) is 41.4 Å². The number of nitrogens with zero attached hydrogens (tertiary/aromatic N) is 1. The third-order valence-corrected chi connectivity index (χ3v) is 3.39. The van der Waals surface area contributed by atoms with Crippen molar-refractivity contribution in [3.05, 3.63) is 53.3 Å². The topological polar surface area (TPSA) is 54.0 Å². The van der Waals surface area contributed by atoms with E-state index in [1.165, 1.54) is 5.56 Å². The van der Waals surface area contributed by atoms with Crippen LogP contribution in [0.4, 0.5) is 11.4 Å². The molecule has 4 nitrogen and oxygen atoms in total. The van der Waals surface area contributed by atoms with E-state index in [9.17, 15) is 4.79 Å². The molecule has 1 aromatic carbocycles. The van der Waals surface area contributed by atoms with E-state index in [1.54, 1.807) is 13.2 Å². The summed E-state index contributed by atoms with van der Waals surface area (Å²) in [7, 11) is 1.79. The molecule has 0 spiro atoms. The summed E-state index contributed by atoms with van der Waals surface area (Å²) in [5.74, 6) is 0.316. The van der Waals surface area contributed by atoms with E-state index >= 15 is 0 Å². The largest absolute Gasteiger partial charge is 0.387 e. The van der Waals surface area contributed by atoms with Crippen LogP contribution < -0.4 is 10.6 Å². The Morgan fingerprint density at radius 2 is 1.86 bits per heavy atom. The molecule has 1 heterocycles. The van der Waals surface area contributed by atoms with Gasteiger partial charge in [0.2, 0.25) is 0 Å². The molecule has 0 aliphatic carbocycles. The molecule has 0 bridgehead atoms. The predicted octanol–water partition coefficient (Wildman–Crippen LogP) is 3.81. The maximum absolute atomic E-state index is 12.3. The summed E-state index contributed by atoms with van der Waals surface area (Å²) in [5.41, 5.74) is 4.22. The lowest BCUT2D eigenvalue weighted by molar-refractivity contribution is 0.102. The Morgan fingerprint density at radius 1 is 1.19 bits per heavy atom. The third-order valence-electron chi connectivity index (χ3n) is 3.39. The summed E-state index contributed by atoms with van der Waals surface area (Å²) in [6.45, 7) is 6.18. The van der Waals surface area contributed by atoms with Gasteiger partial charge in [-0.3, -0.25) is 9.78 Å². The van der Waals surface area contributed by atoms with Crippen LogP contribution in [0.3, 0.4) is 0 Å². The van der Waals surface area contributed by atoms with Crippen LogP contribution >= 0.6 is 0 Å². The Kier molecular flexibility index (Phi) is 4.58. The lowest BCUT2D eigenvalue weighted by Gasteiger charge is -2.11. The molecule has 0 atom stereocenters. The Morgan fingerprint density at radius 3 is 2.43 bits per heavy atom. The van der Waals surface area contributed by atoms with Crippen LogP contribution in [-0.2, 0) is 0 Å². The molecule has 21 heavy (non-hydrogen) atoms. The van der Waals surface area contributed by atoms with Crippen molar-refractivity contribution in [2.24, 2.45) is 0 Å². The quantitative estimate of drug-likeness (QED) is 0.897. The average Bonchev–Trinajstić information content (AvgIpc) is 2.47. The van der Waals surface area contributed by atoms with Gasteiger partial charge in [-0.2, -0.15) is 0 Å². The first kappa shape index (κ1) is 15.0. The van der Waals surface area contributed by atoms with Gasteiger partial charge < -0.3 is 10.6 Å². The number of anilines is 2. The first-order valence-corrected chi connectivity index (χ1v) is 7.07. The van der Waals surface area contributed by atoms with E-state index < -0.39 is 0 Å². The Labute approximate surface area is 125 Å². The highest BCUT2D eigenvalue weighted by Crippen LogP contribution is 2.20. The lowest BCUT2D eigenvalue weighted by Crippen LogP contribution is -2.14. The van der Waals surface area contributed by atoms with Crippen LogP contribution in [0.15, 0.2) is 36.5 Å². The SMILES string of the molecule is CNc1cc(C)ncc1C(=O)Nc1ccc(C(C)C)cc1. The minimum Gasteiger partial charge on any atom is -0.387 e. The minimum absolute atomic E-state index is 0.163. The number of hydrogen-bond acceptors (Lipinski definition) is 3. The molecule has 0 unspecified atom stereocenters. The van der Waals surface area contributed by atoms with Crippen molar-refractivity contribution in [1.82, 2.24) is 4.98 Å². The number of benzene rings is 1. The summed E-state index contributed by atoms with van der Waals surface area (Å²) < 4.78 is 0. The van der Waals surface area contributed by atoms with Gasteiger partial charge in [0.1, 0.15) is 0 Å². The second kappa shape index (κ2) is 6.39. The van der Waals surface area contributed by atoms with Crippen LogP contribution in [0.25, 0.3) is 0 Å². The zero-order valence-corrected chi connectivity index (χ0v) is 12.9. The zero-order chi connectivity index (χ0) is 15.4. The van der Waals surface area contributed by atoms with Crippen LogP contribution in [-0.4, -0.2) is 17.9 Å². The average molecular weight is 283 g/mol. The summed E-state index contributed by atoms with van der Waals surface area (Å²) in [4.78, 5) is 16.5. The van der Waals surface area contributed by atoms with Gasteiger partial charge in [0, 0.05) is 24.6 Å².